The summed E-state index contributed by atoms with van der Waals surface area (Å²) >= 11 is 6.01. The molecular weight excluding hydrogens is 222 g/mol. The topological polar surface area (TPSA) is 3.24 Å². The molecule has 1 rings (SSSR count). The molecule has 1 aromatic rings. The molecule has 0 radical (unpaired) electrons. The molecule has 1 nitrogen and oxygen atoms in total. The number of hydrogen-bond donors (Lipinski definition) is 1. The lowest BCUT2D eigenvalue weighted by atomic mass is 10.1. The van der Waals surface area contributed by atoms with E-state index < -0.39 is 0 Å². The van der Waals surface area contributed by atoms with Crippen molar-refractivity contribution >= 4 is 24.4 Å². The predicted octanol–water partition coefficient (Wildman–Crippen LogP) is 2.81. The molecular formula is C12H19NS2. The van der Waals surface area contributed by atoms with Gasteiger partial charge >= 0.3 is 0 Å². The van der Waals surface area contributed by atoms with Gasteiger partial charge in [-0.3, -0.25) is 0 Å². The molecule has 0 bridgehead atoms. The first-order valence-corrected chi connectivity index (χ1v) is 7.04. The highest BCUT2D eigenvalue weighted by atomic mass is 32.2. The average molecular weight is 241 g/mol. The van der Waals surface area contributed by atoms with Crippen LogP contribution in [-0.4, -0.2) is 37.0 Å². The van der Waals surface area contributed by atoms with Gasteiger partial charge in [-0.1, -0.05) is 12.1 Å². The van der Waals surface area contributed by atoms with Crippen molar-refractivity contribution in [2.75, 3.05) is 32.1 Å². The number of thioether (sulfide) groups is 1. The van der Waals surface area contributed by atoms with Crippen LogP contribution in [0.25, 0.3) is 0 Å². The fraction of sp³-hybridized carbons (Fsp3) is 0.500. The van der Waals surface area contributed by atoms with E-state index in [0.717, 1.165) is 25.3 Å². The molecule has 0 fully saturated rings. The molecule has 0 atom stereocenters. The first-order valence-electron chi connectivity index (χ1n) is 5.18. The molecule has 0 unspecified atom stereocenters. The van der Waals surface area contributed by atoms with Crippen LogP contribution >= 0.6 is 24.4 Å². The maximum absolute atomic E-state index is 4.22. The van der Waals surface area contributed by atoms with Gasteiger partial charge in [0.1, 0.15) is 0 Å². The Morgan fingerprint density at radius 3 is 2.40 bits per heavy atom. The van der Waals surface area contributed by atoms with Crippen molar-refractivity contribution in [3.8, 4) is 0 Å². The quantitative estimate of drug-likeness (QED) is 0.602. The molecule has 0 aliphatic heterocycles. The SMILES string of the molecule is CSc1ccc(CCN(C)CCS)cc1. The van der Waals surface area contributed by atoms with E-state index >= 15 is 0 Å². The molecule has 1 aromatic carbocycles. The summed E-state index contributed by atoms with van der Waals surface area (Å²) in [7, 11) is 2.15. The van der Waals surface area contributed by atoms with Gasteiger partial charge < -0.3 is 4.90 Å². The molecule has 0 N–H and O–H groups in total. The second-order valence-corrected chi connectivity index (χ2v) is 4.95. The van der Waals surface area contributed by atoms with Gasteiger partial charge in [0.25, 0.3) is 0 Å². The smallest absolute Gasteiger partial charge is 0.00693 e. The van der Waals surface area contributed by atoms with Crippen LogP contribution in [0.3, 0.4) is 0 Å². The van der Waals surface area contributed by atoms with Gasteiger partial charge in [-0.15, -0.1) is 11.8 Å². The van der Waals surface area contributed by atoms with Crippen LogP contribution in [0.4, 0.5) is 0 Å². The highest BCUT2D eigenvalue weighted by Crippen LogP contribution is 2.15. The van der Waals surface area contributed by atoms with Crippen molar-refractivity contribution in [3.63, 3.8) is 0 Å². The first kappa shape index (κ1) is 12.9. The van der Waals surface area contributed by atoms with Crippen molar-refractivity contribution in [1.82, 2.24) is 4.90 Å². The van der Waals surface area contributed by atoms with Crippen LogP contribution in [0.2, 0.25) is 0 Å². The molecule has 0 heterocycles. The first-order chi connectivity index (χ1) is 7.26. The zero-order valence-electron chi connectivity index (χ0n) is 9.44. The van der Waals surface area contributed by atoms with Crippen molar-refractivity contribution in [2.24, 2.45) is 0 Å². The lowest BCUT2D eigenvalue weighted by Gasteiger charge is -2.14. The van der Waals surface area contributed by atoms with E-state index in [1.807, 2.05) is 0 Å². The molecule has 15 heavy (non-hydrogen) atoms. The summed E-state index contributed by atoms with van der Waals surface area (Å²) in [4.78, 5) is 3.65. The Bertz CT molecular complexity index is 271. The normalized spacial score (nSPS) is 10.9. The van der Waals surface area contributed by atoms with E-state index in [1.54, 1.807) is 11.8 Å². The van der Waals surface area contributed by atoms with E-state index in [4.69, 9.17) is 0 Å². The monoisotopic (exact) mass is 241 g/mol. The number of hydrogen-bond acceptors (Lipinski definition) is 3. The lowest BCUT2D eigenvalue weighted by Crippen LogP contribution is -2.23. The van der Waals surface area contributed by atoms with Gasteiger partial charge in [-0.25, -0.2) is 0 Å². The van der Waals surface area contributed by atoms with Crippen molar-refractivity contribution in [3.05, 3.63) is 29.8 Å². The molecule has 0 saturated carbocycles. The van der Waals surface area contributed by atoms with Gasteiger partial charge in [0.2, 0.25) is 0 Å². The van der Waals surface area contributed by atoms with Gasteiger partial charge in [-0.2, -0.15) is 12.6 Å². The highest BCUT2D eigenvalue weighted by Gasteiger charge is 1.98. The van der Waals surface area contributed by atoms with Crippen LogP contribution in [0.5, 0.6) is 0 Å². The third kappa shape index (κ3) is 4.96. The lowest BCUT2D eigenvalue weighted by molar-refractivity contribution is 0.361. The fourth-order valence-electron chi connectivity index (χ4n) is 1.39. The van der Waals surface area contributed by atoms with E-state index in [2.05, 4.69) is 55.1 Å². The molecule has 0 saturated heterocycles. The van der Waals surface area contributed by atoms with Crippen LogP contribution < -0.4 is 0 Å². The standard InChI is InChI=1S/C12H19NS2/c1-13(9-10-14)8-7-11-3-5-12(15-2)6-4-11/h3-6,14H,7-10H2,1-2H3. The summed E-state index contributed by atoms with van der Waals surface area (Å²) < 4.78 is 0. The Balaban J connectivity index is 2.37. The van der Waals surface area contributed by atoms with Gasteiger partial charge in [0.05, 0.1) is 0 Å². The molecule has 0 aromatic heterocycles. The molecule has 3 heteroatoms. The van der Waals surface area contributed by atoms with Gasteiger partial charge in [0, 0.05) is 23.7 Å². The Morgan fingerprint density at radius 1 is 1.20 bits per heavy atom. The Morgan fingerprint density at radius 2 is 1.87 bits per heavy atom. The van der Waals surface area contributed by atoms with Crippen LogP contribution in [-0.2, 0) is 6.42 Å². The van der Waals surface area contributed by atoms with Gasteiger partial charge in [0.15, 0.2) is 0 Å². The number of nitrogens with zero attached hydrogens (tertiary/aromatic N) is 1. The van der Waals surface area contributed by atoms with Crippen LogP contribution in [0.15, 0.2) is 29.2 Å². The zero-order chi connectivity index (χ0) is 11.1. The highest BCUT2D eigenvalue weighted by molar-refractivity contribution is 7.98. The third-order valence-electron chi connectivity index (χ3n) is 2.42. The van der Waals surface area contributed by atoms with Crippen LogP contribution in [0, 0.1) is 0 Å². The maximum atomic E-state index is 4.22. The van der Waals surface area contributed by atoms with Crippen molar-refractivity contribution < 1.29 is 0 Å². The van der Waals surface area contributed by atoms with Crippen molar-refractivity contribution in [2.45, 2.75) is 11.3 Å². The number of benzene rings is 1. The summed E-state index contributed by atoms with van der Waals surface area (Å²) in [6.07, 6.45) is 3.23. The maximum Gasteiger partial charge on any atom is 0.00693 e. The van der Waals surface area contributed by atoms with Crippen molar-refractivity contribution in [1.29, 1.82) is 0 Å². The molecule has 0 aliphatic carbocycles. The van der Waals surface area contributed by atoms with E-state index in [1.165, 1.54) is 10.5 Å². The minimum absolute atomic E-state index is 0.932. The second kappa shape index (κ2) is 7.20. The summed E-state index contributed by atoms with van der Waals surface area (Å²) in [5.74, 6) is 0.932. The number of thiol groups is 1. The Kier molecular flexibility index (Phi) is 6.22. The number of rotatable bonds is 6. The average Bonchev–Trinajstić information content (AvgIpc) is 2.27. The third-order valence-corrected chi connectivity index (χ3v) is 3.37. The molecule has 0 spiro atoms. The van der Waals surface area contributed by atoms with E-state index in [9.17, 15) is 0 Å². The van der Waals surface area contributed by atoms with Crippen LogP contribution in [0.1, 0.15) is 5.56 Å². The van der Waals surface area contributed by atoms with E-state index in [0.29, 0.717) is 0 Å². The fourth-order valence-corrected chi connectivity index (χ4v) is 2.14. The summed E-state index contributed by atoms with van der Waals surface area (Å²) in [6.45, 7) is 2.17. The summed E-state index contributed by atoms with van der Waals surface area (Å²) in [5, 5.41) is 0. The van der Waals surface area contributed by atoms with E-state index in [-0.39, 0.29) is 0 Å². The minimum atomic E-state index is 0.932. The molecule has 84 valence electrons. The predicted molar refractivity (Wildman–Crippen MR) is 73.3 cm³/mol. The molecule has 0 aliphatic rings. The Hall–Kier alpha value is -0.120. The summed E-state index contributed by atoms with van der Waals surface area (Å²) in [5.41, 5.74) is 1.42. The second-order valence-electron chi connectivity index (χ2n) is 3.62. The Labute approximate surface area is 103 Å². The number of likely N-dealkylation sites (N-methyl/N-ethyl adjacent to an activating group) is 1. The largest absolute Gasteiger partial charge is 0.305 e. The zero-order valence-corrected chi connectivity index (χ0v) is 11.2. The molecule has 0 amide bonds. The van der Waals surface area contributed by atoms with Gasteiger partial charge in [-0.05, 0) is 37.4 Å². The minimum Gasteiger partial charge on any atom is -0.305 e. The summed E-state index contributed by atoms with van der Waals surface area (Å²) in [6, 6.07) is 8.83.